The van der Waals surface area contributed by atoms with Crippen LogP contribution in [0.2, 0.25) is 0 Å². The number of anilines is 1. The maximum Gasteiger partial charge on any atom is 0.292 e. The number of halogens is 1. The lowest BCUT2D eigenvalue weighted by Gasteiger charge is -2.27. The summed E-state index contributed by atoms with van der Waals surface area (Å²) in [5, 5.41) is 0. The highest BCUT2D eigenvalue weighted by Crippen LogP contribution is 2.25. The van der Waals surface area contributed by atoms with Crippen molar-refractivity contribution in [3.63, 3.8) is 0 Å². The van der Waals surface area contributed by atoms with E-state index in [1.54, 1.807) is 36.4 Å². The molecule has 2 atom stereocenters. The molecule has 1 saturated heterocycles. The summed E-state index contributed by atoms with van der Waals surface area (Å²) in [5.41, 5.74) is 2.77. The normalized spacial score (nSPS) is 21.7. The van der Waals surface area contributed by atoms with Crippen LogP contribution in [0.5, 0.6) is 5.75 Å². The highest BCUT2D eigenvalue weighted by Gasteiger charge is 2.45. The predicted octanol–water partition coefficient (Wildman–Crippen LogP) is 2.62. The van der Waals surface area contributed by atoms with Gasteiger partial charge in [-0.1, -0.05) is 19.1 Å². The van der Waals surface area contributed by atoms with Crippen LogP contribution in [0, 0.1) is 5.82 Å². The van der Waals surface area contributed by atoms with Crippen LogP contribution in [0.3, 0.4) is 0 Å². The van der Waals surface area contributed by atoms with Crippen molar-refractivity contribution < 1.29 is 23.6 Å². The molecule has 1 N–H and O–H groups in total. The van der Waals surface area contributed by atoms with Gasteiger partial charge in [-0.15, -0.1) is 0 Å². The first-order valence-corrected chi connectivity index (χ1v) is 10.5. The molecule has 0 aromatic heterocycles. The molecule has 4 rings (SSSR count). The van der Waals surface area contributed by atoms with E-state index in [9.17, 15) is 14.0 Å². The fourth-order valence-corrected chi connectivity index (χ4v) is 4.13. The van der Waals surface area contributed by atoms with Crippen LogP contribution >= 0.6 is 0 Å². The highest BCUT2D eigenvalue weighted by atomic mass is 19.1. The summed E-state index contributed by atoms with van der Waals surface area (Å²) in [6.07, 6.45) is 4.04. The second kappa shape index (κ2) is 8.79. The SMILES string of the molecule is CCCOc1ccc(N2C(=O)C[C@@H]([NH+]3CC=C(c4ccc(F)cc4)CC3)C2=O)cc1. The van der Waals surface area contributed by atoms with Gasteiger partial charge in [-0.2, -0.15) is 0 Å². The molecule has 2 aliphatic heterocycles. The number of rotatable bonds is 6. The van der Waals surface area contributed by atoms with Crippen LogP contribution in [0.25, 0.3) is 5.57 Å². The van der Waals surface area contributed by atoms with E-state index in [2.05, 4.69) is 6.08 Å². The summed E-state index contributed by atoms with van der Waals surface area (Å²) in [5.74, 6) is 0.183. The van der Waals surface area contributed by atoms with Crippen LogP contribution in [0.1, 0.15) is 31.7 Å². The molecule has 5 nitrogen and oxygen atoms in total. The summed E-state index contributed by atoms with van der Waals surface area (Å²) < 4.78 is 18.7. The number of hydrogen-bond donors (Lipinski definition) is 1. The van der Waals surface area contributed by atoms with Gasteiger partial charge in [-0.25, -0.2) is 9.29 Å². The minimum absolute atomic E-state index is 0.143. The van der Waals surface area contributed by atoms with Crippen molar-refractivity contribution in [1.29, 1.82) is 0 Å². The minimum atomic E-state index is -0.362. The molecular formula is C24H26FN2O3+. The van der Waals surface area contributed by atoms with E-state index in [4.69, 9.17) is 4.74 Å². The Kier molecular flexibility index (Phi) is 5.95. The second-order valence-corrected chi connectivity index (χ2v) is 7.77. The molecule has 2 aromatic carbocycles. The molecule has 2 aromatic rings. The largest absolute Gasteiger partial charge is 0.494 e. The standard InChI is InChI=1S/C24H25FN2O3/c1-2-15-30-21-9-7-20(8-10-21)27-23(28)16-22(24(27)29)26-13-11-18(12-14-26)17-3-5-19(25)6-4-17/h3-11,22H,2,12-16H2,1H3/p+1/t22-/m1/s1. The van der Waals surface area contributed by atoms with Crippen molar-refractivity contribution in [2.75, 3.05) is 24.6 Å². The van der Waals surface area contributed by atoms with Crippen molar-refractivity contribution >= 4 is 23.1 Å². The zero-order chi connectivity index (χ0) is 21.1. The van der Waals surface area contributed by atoms with Gasteiger partial charge in [0.2, 0.25) is 5.91 Å². The van der Waals surface area contributed by atoms with Gasteiger partial charge in [0.15, 0.2) is 6.04 Å². The second-order valence-electron chi connectivity index (χ2n) is 7.77. The Bertz CT molecular complexity index is 953. The Hall–Kier alpha value is -2.99. The van der Waals surface area contributed by atoms with Crippen LogP contribution in [0.4, 0.5) is 10.1 Å². The van der Waals surface area contributed by atoms with Crippen molar-refractivity contribution in [3.8, 4) is 5.75 Å². The van der Waals surface area contributed by atoms with Crippen molar-refractivity contribution in [2.24, 2.45) is 0 Å². The number of nitrogens with zero attached hydrogens (tertiary/aromatic N) is 1. The van der Waals surface area contributed by atoms with Gasteiger partial charge in [0.1, 0.15) is 11.6 Å². The van der Waals surface area contributed by atoms with Gasteiger partial charge in [0.05, 0.1) is 31.8 Å². The summed E-state index contributed by atoms with van der Waals surface area (Å²) in [6.45, 7) is 4.12. The van der Waals surface area contributed by atoms with Gasteiger partial charge >= 0.3 is 0 Å². The maximum atomic E-state index is 13.1. The molecule has 30 heavy (non-hydrogen) atoms. The number of amides is 2. The third kappa shape index (κ3) is 4.14. The Morgan fingerprint density at radius 1 is 1.10 bits per heavy atom. The van der Waals surface area contributed by atoms with Crippen molar-refractivity contribution in [3.05, 3.63) is 66.0 Å². The molecule has 2 amide bonds. The highest BCUT2D eigenvalue weighted by molar-refractivity contribution is 6.21. The van der Waals surface area contributed by atoms with Crippen molar-refractivity contribution in [2.45, 2.75) is 32.2 Å². The molecular weight excluding hydrogens is 383 g/mol. The number of carbonyl (C=O) groups is 2. The van der Waals surface area contributed by atoms with E-state index in [0.717, 1.165) is 41.2 Å². The van der Waals surface area contributed by atoms with Gasteiger partial charge in [0.25, 0.3) is 5.91 Å². The topological polar surface area (TPSA) is 51.0 Å². The monoisotopic (exact) mass is 409 g/mol. The lowest BCUT2D eigenvalue weighted by molar-refractivity contribution is -0.909. The fourth-order valence-electron chi connectivity index (χ4n) is 4.13. The lowest BCUT2D eigenvalue weighted by atomic mass is 9.98. The first-order chi connectivity index (χ1) is 14.6. The van der Waals surface area contributed by atoms with Crippen LogP contribution < -0.4 is 14.5 Å². The Morgan fingerprint density at radius 2 is 1.83 bits per heavy atom. The van der Waals surface area contributed by atoms with Crippen LogP contribution in [0.15, 0.2) is 54.6 Å². The number of benzene rings is 2. The smallest absolute Gasteiger partial charge is 0.292 e. The average molecular weight is 409 g/mol. The van der Waals surface area contributed by atoms with E-state index in [1.807, 2.05) is 6.92 Å². The molecule has 0 aliphatic carbocycles. The molecule has 2 aliphatic rings. The Balaban J connectivity index is 1.43. The van der Waals surface area contributed by atoms with E-state index >= 15 is 0 Å². The third-order valence-electron chi connectivity index (χ3n) is 5.75. The van der Waals surface area contributed by atoms with Gasteiger partial charge in [0, 0.05) is 6.42 Å². The van der Waals surface area contributed by atoms with Crippen LogP contribution in [-0.2, 0) is 9.59 Å². The fraction of sp³-hybridized carbons (Fsp3) is 0.333. The molecule has 156 valence electrons. The number of ether oxygens (including phenoxy) is 1. The predicted molar refractivity (Wildman–Crippen MR) is 113 cm³/mol. The van der Waals surface area contributed by atoms with Crippen molar-refractivity contribution in [1.82, 2.24) is 0 Å². The number of imide groups is 1. The number of quaternary nitrogens is 1. The quantitative estimate of drug-likeness (QED) is 0.747. The zero-order valence-electron chi connectivity index (χ0n) is 17.1. The Labute approximate surface area is 175 Å². The first kappa shape index (κ1) is 20.3. The zero-order valence-corrected chi connectivity index (χ0v) is 17.1. The lowest BCUT2D eigenvalue weighted by Crippen LogP contribution is -3.17. The van der Waals surface area contributed by atoms with E-state index in [1.165, 1.54) is 17.0 Å². The molecule has 0 bridgehead atoms. The number of nitrogens with one attached hydrogen (secondary N) is 1. The van der Waals surface area contributed by atoms with Gasteiger partial charge < -0.3 is 9.64 Å². The summed E-state index contributed by atoms with van der Waals surface area (Å²) in [6, 6.07) is 13.3. The van der Waals surface area contributed by atoms with E-state index < -0.39 is 0 Å². The summed E-state index contributed by atoms with van der Waals surface area (Å²) in [7, 11) is 0. The molecule has 0 spiro atoms. The van der Waals surface area contributed by atoms with Gasteiger partial charge in [-0.3, -0.25) is 9.59 Å². The maximum absolute atomic E-state index is 13.1. The number of carbonyl (C=O) groups excluding carboxylic acids is 2. The molecule has 1 fully saturated rings. The number of hydrogen-bond acceptors (Lipinski definition) is 3. The molecule has 0 radical (unpaired) electrons. The van der Waals surface area contributed by atoms with E-state index in [0.29, 0.717) is 18.8 Å². The summed E-state index contributed by atoms with van der Waals surface area (Å²) >= 11 is 0. The van der Waals surface area contributed by atoms with Crippen LogP contribution in [-0.4, -0.2) is 37.6 Å². The average Bonchev–Trinajstić information content (AvgIpc) is 3.07. The summed E-state index contributed by atoms with van der Waals surface area (Å²) in [4.78, 5) is 28.1. The third-order valence-corrected chi connectivity index (χ3v) is 5.75. The van der Waals surface area contributed by atoms with E-state index in [-0.39, 0.29) is 30.1 Å². The molecule has 2 heterocycles. The Morgan fingerprint density at radius 3 is 2.47 bits per heavy atom. The molecule has 0 saturated carbocycles. The minimum Gasteiger partial charge on any atom is -0.494 e. The first-order valence-electron chi connectivity index (χ1n) is 10.5. The molecule has 1 unspecified atom stereocenters. The van der Waals surface area contributed by atoms with Gasteiger partial charge in [-0.05, 0) is 60.0 Å². The molecule has 6 heteroatoms.